The minimum absolute atomic E-state index is 0.0692. The lowest BCUT2D eigenvalue weighted by molar-refractivity contribution is -0.136. The van der Waals surface area contributed by atoms with E-state index >= 15 is 0 Å². The van der Waals surface area contributed by atoms with Crippen LogP contribution in [0.15, 0.2) is 24.3 Å². The molecule has 0 heterocycles. The SMILES string of the molecule is CC(c1ccccc1Cl)N(C)C(=O)C(CN)CC(C)(C)C. The smallest absolute Gasteiger partial charge is 0.227 e. The first-order valence-corrected chi connectivity index (χ1v) is 7.76. The molecule has 1 rings (SSSR count). The number of hydrogen-bond donors (Lipinski definition) is 1. The lowest BCUT2D eigenvalue weighted by atomic mass is 9.84. The molecule has 0 aliphatic heterocycles. The van der Waals surface area contributed by atoms with E-state index in [0.29, 0.717) is 11.6 Å². The number of amides is 1. The van der Waals surface area contributed by atoms with Crippen molar-refractivity contribution in [1.82, 2.24) is 4.90 Å². The zero-order chi connectivity index (χ0) is 16.2. The van der Waals surface area contributed by atoms with Crippen LogP contribution in [0.1, 0.15) is 45.7 Å². The van der Waals surface area contributed by atoms with Crippen LogP contribution in [0.3, 0.4) is 0 Å². The molecule has 2 atom stereocenters. The molecule has 1 amide bonds. The highest BCUT2D eigenvalue weighted by atomic mass is 35.5. The first-order chi connectivity index (χ1) is 9.67. The molecule has 21 heavy (non-hydrogen) atoms. The van der Waals surface area contributed by atoms with E-state index in [1.54, 1.807) is 4.90 Å². The predicted octanol–water partition coefficient (Wildman–Crippen LogP) is 3.87. The number of benzene rings is 1. The molecule has 0 bridgehead atoms. The highest BCUT2D eigenvalue weighted by molar-refractivity contribution is 6.31. The topological polar surface area (TPSA) is 46.3 Å². The molecule has 0 aliphatic carbocycles. The van der Waals surface area contributed by atoms with Gasteiger partial charge in [-0.25, -0.2) is 0 Å². The summed E-state index contributed by atoms with van der Waals surface area (Å²) in [7, 11) is 1.82. The molecule has 0 radical (unpaired) electrons. The number of hydrogen-bond acceptors (Lipinski definition) is 2. The van der Waals surface area contributed by atoms with Gasteiger partial charge < -0.3 is 10.6 Å². The van der Waals surface area contributed by atoms with E-state index in [0.717, 1.165) is 12.0 Å². The summed E-state index contributed by atoms with van der Waals surface area (Å²) in [6.07, 6.45) is 0.780. The summed E-state index contributed by atoms with van der Waals surface area (Å²) in [4.78, 5) is 14.4. The van der Waals surface area contributed by atoms with Crippen LogP contribution in [0, 0.1) is 11.3 Å². The molecule has 4 heteroatoms. The Labute approximate surface area is 133 Å². The summed E-state index contributed by atoms with van der Waals surface area (Å²) in [6.45, 7) is 8.74. The van der Waals surface area contributed by atoms with Gasteiger partial charge in [0.25, 0.3) is 0 Å². The number of nitrogens with zero attached hydrogens (tertiary/aromatic N) is 1. The van der Waals surface area contributed by atoms with E-state index in [-0.39, 0.29) is 23.3 Å². The highest BCUT2D eigenvalue weighted by Crippen LogP contribution is 2.30. The molecular weight excluding hydrogens is 284 g/mol. The lowest BCUT2D eigenvalue weighted by Gasteiger charge is -2.32. The van der Waals surface area contributed by atoms with E-state index < -0.39 is 0 Å². The second-order valence-corrected chi connectivity index (χ2v) is 7.25. The monoisotopic (exact) mass is 310 g/mol. The number of nitrogens with two attached hydrogens (primary N) is 1. The Balaban J connectivity index is 2.88. The van der Waals surface area contributed by atoms with E-state index in [1.165, 1.54) is 0 Å². The molecule has 2 unspecified atom stereocenters. The van der Waals surface area contributed by atoms with Crippen LogP contribution < -0.4 is 5.73 Å². The number of carbonyl (C=O) groups is 1. The molecule has 2 N–H and O–H groups in total. The van der Waals surface area contributed by atoms with Gasteiger partial charge in [-0.2, -0.15) is 0 Å². The van der Waals surface area contributed by atoms with Gasteiger partial charge in [0.15, 0.2) is 0 Å². The largest absolute Gasteiger partial charge is 0.339 e. The van der Waals surface area contributed by atoms with Crippen LogP contribution in [0.25, 0.3) is 0 Å². The average Bonchev–Trinajstić information content (AvgIpc) is 2.42. The van der Waals surface area contributed by atoms with Crippen molar-refractivity contribution in [3.63, 3.8) is 0 Å². The van der Waals surface area contributed by atoms with E-state index in [2.05, 4.69) is 20.8 Å². The average molecular weight is 311 g/mol. The molecule has 1 aromatic carbocycles. The Kier molecular flexibility index (Phi) is 6.24. The summed E-state index contributed by atoms with van der Waals surface area (Å²) in [5.41, 5.74) is 6.85. The van der Waals surface area contributed by atoms with Gasteiger partial charge in [-0.1, -0.05) is 50.6 Å². The van der Waals surface area contributed by atoms with Crippen molar-refractivity contribution in [1.29, 1.82) is 0 Å². The fourth-order valence-corrected chi connectivity index (χ4v) is 2.81. The van der Waals surface area contributed by atoms with Gasteiger partial charge in [-0.15, -0.1) is 0 Å². The third-order valence-corrected chi connectivity index (χ3v) is 4.12. The summed E-state index contributed by atoms with van der Waals surface area (Å²) in [5.74, 6) is -0.0696. The maximum Gasteiger partial charge on any atom is 0.227 e. The quantitative estimate of drug-likeness (QED) is 0.897. The molecule has 1 aromatic rings. The van der Waals surface area contributed by atoms with Gasteiger partial charge in [-0.3, -0.25) is 4.79 Å². The second-order valence-electron chi connectivity index (χ2n) is 6.84. The van der Waals surface area contributed by atoms with Gasteiger partial charge >= 0.3 is 0 Å². The minimum Gasteiger partial charge on any atom is -0.339 e. The maximum absolute atomic E-state index is 12.7. The van der Waals surface area contributed by atoms with Crippen LogP contribution in [-0.2, 0) is 4.79 Å². The highest BCUT2D eigenvalue weighted by Gasteiger charge is 2.28. The third kappa shape index (κ3) is 5.01. The number of rotatable bonds is 5. The van der Waals surface area contributed by atoms with E-state index in [1.807, 2.05) is 38.2 Å². The maximum atomic E-state index is 12.7. The fraction of sp³-hybridized carbons (Fsp3) is 0.588. The van der Waals surface area contributed by atoms with Crippen LogP contribution in [-0.4, -0.2) is 24.4 Å². The van der Waals surface area contributed by atoms with Crippen molar-refractivity contribution in [2.75, 3.05) is 13.6 Å². The summed E-state index contributed by atoms with van der Waals surface area (Å²) < 4.78 is 0. The van der Waals surface area contributed by atoms with Crippen molar-refractivity contribution in [2.45, 2.75) is 40.2 Å². The first-order valence-electron chi connectivity index (χ1n) is 7.38. The predicted molar refractivity (Wildman–Crippen MR) is 89.3 cm³/mol. The van der Waals surface area contributed by atoms with Crippen molar-refractivity contribution < 1.29 is 4.79 Å². The summed E-state index contributed by atoms with van der Waals surface area (Å²) in [5, 5.41) is 0.685. The van der Waals surface area contributed by atoms with E-state index in [9.17, 15) is 4.79 Å². The lowest BCUT2D eigenvalue weighted by Crippen LogP contribution is -2.39. The zero-order valence-electron chi connectivity index (χ0n) is 13.7. The third-order valence-electron chi connectivity index (χ3n) is 3.78. The second kappa shape index (κ2) is 7.28. The van der Waals surface area contributed by atoms with Crippen LogP contribution in [0.4, 0.5) is 0 Å². The molecule has 0 aromatic heterocycles. The summed E-state index contributed by atoms with van der Waals surface area (Å²) in [6, 6.07) is 7.56. The van der Waals surface area contributed by atoms with Gasteiger partial charge in [0, 0.05) is 18.6 Å². The minimum atomic E-state index is -0.153. The first kappa shape index (κ1) is 18.0. The molecule has 0 fully saturated rings. The Morgan fingerprint density at radius 3 is 2.38 bits per heavy atom. The summed E-state index contributed by atoms with van der Waals surface area (Å²) >= 11 is 6.23. The molecule has 0 saturated carbocycles. The zero-order valence-corrected chi connectivity index (χ0v) is 14.4. The fourth-order valence-electron chi connectivity index (χ4n) is 2.51. The van der Waals surface area contributed by atoms with Crippen molar-refractivity contribution >= 4 is 17.5 Å². The molecular formula is C17H27ClN2O. The molecule has 0 saturated heterocycles. The van der Waals surface area contributed by atoms with Crippen molar-refractivity contribution in [2.24, 2.45) is 17.1 Å². The Bertz CT molecular complexity index is 482. The van der Waals surface area contributed by atoms with Crippen LogP contribution >= 0.6 is 11.6 Å². The normalized spacial score (nSPS) is 14.6. The van der Waals surface area contributed by atoms with Gasteiger partial charge in [-0.05, 0) is 30.4 Å². The van der Waals surface area contributed by atoms with Gasteiger partial charge in [0.05, 0.1) is 12.0 Å². The standard InChI is InChI=1S/C17H27ClN2O/c1-12(14-8-6-7-9-15(14)18)20(5)16(21)13(11-19)10-17(2,3)4/h6-9,12-13H,10-11,19H2,1-5H3. The van der Waals surface area contributed by atoms with Crippen molar-refractivity contribution in [3.05, 3.63) is 34.9 Å². The Hall–Kier alpha value is -1.06. The Morgan fingerprint density at radius 2 is 1.90 bits per heavy atom. The molecule has 0 aliphatic rings. The number of carbonyl (C=O) groups excluding carboxylic acids is 1. The Morgan fingerprint density at radius 1 is 1.33 bits per heavy atom. The number of halogens is 1. The van der Waals surface area contributed by atoms with Gasteiger partial charge in [0.2, 0.25) is 5.91 Å². The molecule has 118 valence electrons. The van der Waals surface area contributed by atoms with Crippen molar-refractivity contribution in [3.8, 4) is 0 Å². The van der Waals surface area contributed by atoms with E-state index in [4.69, 9.17) is 17.3 Å². The molecule has 0 spiro atoms. The van der Waals surface area contributed by atoms with Gasteiger partial charge in [0.1, 0.15) is 0 Å². The molecule has 3 nitrogen and oxygen atoms in total. The van der Waals surface area contributed by atoms with Crippen LogP contribution in [0.5, 0.6) is 0 Å². The van der Waals surface area contributed by atoms with Crippen LogP contribution in [0.2, 0.25) is 5.02 Å².